The van der Waals surface area contributed by atoms with Crippen molar-refractivity contribution in [3.05, 3.63) is 139 Å². The molecule has 9 aromatic rings. The predicted molar refractivity (Wildman–Crippen MR) is 173 cm³/mol. The molecule has 0 aliphatic rings. The van der Waals surface area contributed by atoms with Gasteiger partial charge >= 0.3 is 0 Å². The van der Waals surface area contributed by atoms with Crippen molar-refractivity contribution in [1.82, 2.24) is 9.55 Å². The molecule has 0 spiro atoms. The first-order chi connectivity index (χ1) is 20.8. The lowest BCUT2D eigenvalue weighted by atomic mass is 9.97. The molecule has 0 amide bonds. The summed E-state index contributed by atoms with van der Waals surface area (Å²) in [5, 5.41) is 9.09. The van der Waals surface area contributed by atoms with Crippen LogP contribution in [0.4, 0.5) is 5.69 Å². The molecular weight excluding hydrogens is 514 g/mol. The summed E-state index contributed by atoms with van der Waals surface area (Å²) in [5.74, 6) is 0. The zero-order chi connectivity index (χ0) is 27.8. The Morgan fingerprint density at radius 2 is 1.36 bits per heavy atom. The molecule has 0 bridgehead atoms. The standard InChI is InChI=1S/C38H21N3O/c1-39-26-14-17-35-30(21-26)29-12-6-7-13-34(29)41(35)27-15-16-33(40-22-27)31-19-25-10-4-5-11-28(25)37-32-18-23-8-2-3-9-24(23)20-36(32)42-38(31)37/h2-22H. The van der Waals surface area contributed by atoms with Gasteiger partial charge in [0, 0.05) is 21.7 Å². The number of fused-ring (bicyclic) bond motifs is 9. The average Bonchev–Trinajstić information content (AvgIpc) is 3.59. The van der Waals surface area contributed by atoms with Gasteiger partial charge in [-0.2, -0.15) is 0 Å². The molecule has 0 aliphatic carbocycles. The number of benzene rings is 6. The van der Waals surface area contributed by atoms with Crippen molar-refractivity contribution in [2.24, 2.45) is 0 Å². The second kappa shape index (κ2) is 8.54. The number of hydrogen-bond donors (Lipinski definition) is 0. The largest absolute Gasteiger partial charge is 0.455 e. The Bertz CT molecular complexity index is 2580. The highest BCUT2D eigenvalue weighted by Crippen LogP contribution is 2.42. The zero-order valence-corrected chi connectivity index (χ0v) is 22.4. The number of nitrogens with zero attached hydrogens (tertiary/aromatic N) is 3. The molecule has 3 heterocycles. The molecule has 0 radical (unpaired) electrons. The van der Waals surface area contributed by atoms with Gasteiger partial charge in [0.25, 0.3) is 0 Å². The van der Waals surface area contributed by atoms with Crippen LogP contribution in [0, 0.1) is 6.57 Å². The minimum absolute atomic E-state index is 0.637. The highest BCUT2D eigenvalue weighted by Gasteiger charge is 2.18. The first-order valence-electron chi connectivity index (χ1n) is 13.9. The van der Waals surface area contributed by atoms with Crippen LogP contribution in [0.15, 0.2) is 132 Å². The Kier molecular flexibility index (Phi) is 4.65. The summed E-state index contributed by atoms with van der Waals surface area (Å²) in [4.78, 5) is 8.66. The molecule has 0 aliphatic heterocycles. The molecule has 42 heavy (non-hydrogen) atoms. The molecule has 3 aromatic heterocycles. The third-order valence-electron chi connectivity index (χ3n) is 8.40. The van der Waals surface area contributed by atoms with Crippen LogP contribution in [0.2, 0.25) is 0 Å². The van der Waals surface area contributed by atoms with Crippen molar-refractivity contribution in [2.75, 3.05) is 0 Å². The van der Waals surface area contributed by atoms with Crippen molar-refractivity contribution in [3.8, 4) is 16.9 Å². The van der Waals surface area contributed by atoms with Gasteiger partial charge in [-0.1, -0.05) is 72.8 Å². The molecule has 0 atom stereocenters. The van der Waals surface area contributed by atoms with E-state index < -0.39 is 0 Å². The van der Waals surface area contributed by atoms with E-state index in [1.165, 1.54) is 10.8 Å². The number of pyridine rings is 1. The van der Waals surface area contributed by atoms with E-state index in [4.69, 9.17) is 16.0 Å². The van der Waals surface area contributed by atoms with E-state index in [-0.39, 0.29) is 0 Å². The van der Waals surface area contributed by atoms with Crippen LogP contribution in [0.1, 0.15) is 0 Å². The normalized spacial score (nSPS) is 11.8. The van der Waals surface area contributed by atoms with E-state index >= 15 is 0 Å². The van der Waals surface area contributed by atoms with Gasteiger partial charge in [-0.05, 0) is 75.5 Å². The van der Waals surface area contributed by atoms with Gasteiger partial charge < -0.3 is 8.98 Å². The molecule has 194 valence electrons. The molecule has 0 saturated heterocycles. The maximum Gasteiger partial charge on any atom is 0.188 e. The summed E-state index contributed by atoms with van der Waals surface area (Å²) in [6.45, 7) is 7.48. The summed E-state index contributed by atoms with van der Waals surface area (Å²) in [6.07, 6.45) is 1.93. The Hall–Kier alpha value is -5.92. The zero-order valence-electron chi connectivity index (χ0n) is 22.4. The fraction of sp³-hybridized carbons (Fsp3) is 0. The van der Waals surface area contributed by atoms with Crippen LogP contribution in [-0.4, -0.2) is 9.55 Å². The molecule has 0 fully saturated rings. The van der Waals surface area contributed by atoms with Gasteiger partial charge in [-0.15, -0.1) is 0 Å². The lowest BCUT2D eigenvalue weighted by Gasteiger charge is -2.10. The summed E-state index contributed by atoms with van der Waals surface area (Å²) in [6, 6.07) is 41.9. The quantitative estimate of drug-likeness (QED) is 0.206. The van der Waals surface area contributed by atoms with Crippen molar-refractivity contribution in [1.29, 1.82) is 0 Å². The molecular formula is C38H21N3O. The Morgan fingerprint density at radius 1 is 0.619 bits per heavy atom. The van der Waals surface area contributed by atoms with E-state index in [1.54, 1.807) is 0 Å². The SMILES string of the molecule is [C-]#[N+]c1ccc2c(c1)c1ccccc1n2-c1ccc(-c2cc3ccccc3c3c2oc2cc4ccccc4cc23)nc1. The third kappa shape index (κ3) is 3.19. The second-order valence-corrected chi connectivity index (χ2v) is 10.7. The van der Waals surface area contributed by atoms with E-state index in [9.17, 15) is 0 Å². The fourth-order valence-corrected chi connectivity index (χ4v) is 6.49. The summed E-state index contributed by atoms with van der Waals surface area (Å²) in [7, 11) is 0. The van der Waals surface area contributed by atoms with E-state index in [0.29, 0.717) is 5.69 Å². The monoisotopic (exact) mass is 535 g/mol. The van der Waals surface area contributed by atoms with Crippen LogP contribution < -0.4 is 0 Å². The molecule has 4 heteroatoms. The van der Waals surface area contributed by atoms with Gasteiger partial charge in [0.05, 0.1) is 35.2 Å². The minimum Gasteiger partial charge on any atom is -0.455 e. The molecule has 0 N–H and O–H groups in total. The second-order valence-electron chi connectivity index (χ2n) is 10.7. The van der Waals surface area contributed by atoms with Crippen LogP contribution >= 0.6 is 0 Å². The van der Waals surface area contributed by atoms with Crippen LogP contribution in [-0.2, 0) is 0 Å². The average molecular weight is 536 g/mol. The molecule has 0 unspecified atom stereocenters. The number of hydrogen-bond acceptors (Lipinski definition) is 2. The van der Waals surface area contributed by atoms with Crippen molar-refractivity contribution in [3.63, 3.8) is 0 Å². The number of furan rings is 1. The molecule has 6 aromatic carbocycles. The highest BCUT2D eigenvalue weighted by molar-refractivity contribution is 6.24. The van der Waals surface area contributed by atoms with E-state index in [1.807, 2.05) is 36.5 Å². The Labute approximate surface area is 240 Å². The number of para-hydroxylation sites is 1. The summed E-state index contributed by atoms with van der Waals surface area (Å²) in [5.41, 5.74) is 7.29. The third-order valence-corrected chi connectivity index (χ3v) is 8.40. The lowest BCUT2D eigenvalue weighted by Crippen LogP contribution is -1.95. The smallest absolute Gasteiger partial charge is 0.188 e. The lowest BCUT2D eigenvalue weighted by molar-refractivity contribution is 0.670. The van der Waals surface area contributed by atoms with E-state index in [0.717, 1.165) is 71.5 Å². The van der Waals surface area contributed by atoms with Gasteiger partial charge in [0.2, 0.25) is 0 Å². The summed E-state index contributed by atoms with van der Waals surface area (Å²) < 4.78 is 8.84. The number of aromatic nitrogens is 2. The molecule has 4 nitrogen and oxygen atoms in total. The number of rotatable bonds is 2. The summed E-state index contributed by atoms with van der Waals surface area (Å²) >= 11 is 0. The van der Waals surface area contributed by atoms with Crippen molar-refractivity contribution in [2.45, 2.75) is 0 Å². The predicted octanol–water partition coefficient (Wildman–Crippen LogP) is 10.6. The fourth-order valence-electron chi connectivity index (χ4n) is 6.49. The molecule has 9 rings (SSSR count). The Morgan fingerprint density at radius 3 is 2.17 bits per heavy atom. The maximum atomic E-state index is 7.48. The van der Waals surface area contributed by atoms with E-state index in [2.05, 4.69) is 100 Å². The molecule has 0 saturated carbocycles. The first-order valence-corrected chi connectivity index (χ1v) is 13.9. The van der Waals surface area contributed by atoms with Crippen molar-refractivity contribution >= 4 is 71.0 Å². The topological polar surface area (TPSA) is 35.3 Å². The maximum absolute atomic E-state index is 7.48. The Balaban J connectivity index is 1.28. The van der Waals surface area contributed by atoms with Crippen LogP contribution in [0.5, 0.6) is 0 Å². The van der Waals surface area contributed by atoms with Gasteiger partial charge in [0.1, 0.15) is 11.2 Å². The minimum atomic E-state index is 0.637. The van der Waals surface area contributed by atoms with Crippen LogP contribution in [0.3, 0.4) is 0 Å². The van der Waals surface area contributed by atoms with Gasteiger partial charge in [-0.25, -0.2) is 4.85 Å². The van der Waals surface area contributed by atoms with Crippen molar-refractivity contribution < 1.29 is 4.42 Å². The van der Waals surface area contributed by atoms with Gasteiger partial charge in [0.15, 0.2) is 5.69 Å². The highest BCUT2D eigenvalue weighted by atomic mass is 16.3. The first kappa shape index (κ1) is 22.9. The van der Waals surface area contributed by atoms with Crippen LogP contribution in [0.25, 0.3) is 87.1 Å². The van der Waals surface area contributed by atoms with Gasteiger partial charge in [-0.3, -0.25) is 4.98 Å².